The molecule has 0 aliphatic rings. The lowest BCUT2D eigenvalue weighted by atomic mass is 10.1. The van der Waals surface area contributed by atoms with Gasteiger partial charge in [-0.25, -0.2) is 0 Å². The van der Waals surface area contributed by atoms with Crippen molar-refractivity contribution in [3.63, 3.8) is 0 Å². The van der Waals surface area contributed by atoms with Gasteiger partial charge in [-0.2, -0.15) is 0 Å². The van der Waals surface area contributed by atoms with Crippen molar-refractivity contribution in [1.82, 2.24) is 0 Å². The monoisotopic (exact) mass is 402 g/mol. The van der Waals surface area contributed by atoms with Crippen LogP contribution in [0.4, 0.5) is 0 Å². The topological polar surface area (TPSA) is 17.1 Å². The lowest BCUT2D eigenvalue weighted by Crippen LogP contribution is -1.84. The summed E-state index contributed by atoms with van der Waals surface area (Å²) in [5, 5.41) is 0. The van der Waals surface area contributed by atoms with Crippen LogP contribution >= 0.6 is 35.5 Å². The minimum Gasteiger partial charge on any atom is -0.300 e. The average molecular weight is 404 g/mol. The van der Waals surface area contributed by atoms with Gasteiger partial charge in [0.1, 0.15) is 0 Å². The molecule has 0 aromatic rings. The molecule has 0 rings (SSSR count). The van der Waals surface area contributed by atoms with Gasteiger partial charge in [-0.1, -0.05) is 77.6 Å². The van der Waals surface area contributed by atoms with Crippen molar-refractivity contribution in [2.45, 2.75) is 84.0 Å². The summed E-state index contributed by atoms with van der Waals surface area (Å²) in [5.41, 5.74) is 0. The maximum absolute atomic E-state index is 11.3. The second kappa shape index (κ2) is 13.2. The van der Waals surface area contributed by atoms with Crippen LogP contribution in [0.2, 0.25) is 0 Å². The number of rotatable bonds is 13. The van der Waals surface area contributed by atoms with Gasteiger partial charge in [-0.05, 0) is 37.4 Å². The zero-order valence-electron chi connectivity index (χ0n) is 11.8. The molecule has 0 atom stereocenters. The Morgan fingerprint density at radius 3 is 1.33 bits per heavy atom. The third-order valence-electron chi connectivity index (χ3n) is 3.27. The van der Waals surface area contributed by atoms with Crippen LogP contribution in [-0.4, -0.2) is 6.16 Å². The zero-order valence-corrected chi connectivity index (χ0v) is 15.9. The third kappa shape index (κ3) is 17.2. The predicted molar refractivity (Wildman–Crippen MR) is 91.4 cm³/mol. The molecule has 0 spiro atoms. The van der Waals surface area contributed by atoms with E-state index in [1.807, 2.05) is 0 Å². The molecule has 0 aromatic heterocycles. The van der Waals surface area contributed by atoms with Crippen LogP contribution in [0.5, 0.6) is 0 Å². The minimum absolute atomic E-state index is 0.782. The minimum atomic E-state index is -2.12. The fourth-order valence-corrected chi connectivity index (χ4v) is 4.23. The summed E-state index contributed by atoms with van der Waals surface area (Å²) in [6.45, 7) is 2.27. The summed E-state index contributed by atoms with van der Waals surface area (Å²) in [6, 6.07) is 0. The van der Waals surface area contributed by atoms with Gasteiger partial charge in [-0.3, -0.25) is 4.57 Å². The summed E-state index contributed by atoms with van der Waals surface area (Å²) < 4.78 is 9.21. The number of hydrogen-bond donors (Lipinski definition) is 0. The summed E-state index contributed by atoms with van der Waals surface area (Å²) in [7, 11) is 0. The predicted octanol–water partition coefficient (Wildman–Crippen LogP) is 7.67. The van der Waals surface area contributed by atoms with Gasteiger partial charge in [0.25, 0.3) is 0 Å². The van der Waals surface area contributed by atoms with Gasteiger partial charge in [-0.15, -0.1) is 0 Å². The second-order valence-electron chi connectivity index (χ2n) is 5.18. The molecule has 0 saturated heterocycles. The van der Waals surface area contributed by atoms with Crippen molar-refractivity contribution in [2.75, 3.05) is 6.16 Å². The summed E-state index contributed by atoms with van der Waals surface area (Å²) in [4.78, 5) is 0. The van der Waals surface area contributed by atoms with Crippen LogP contribution in [0.25, 0.3) is 0 Å². The number of unbranched alkanes of at least 4 members (excludes halogenated alkanes) is 11. The highest BCUT2D eigenvalue weighted by atomic mass is 79.9. The molecule has 0 fully saturated rings. The first-order valence-corrected chi connectivity index (χ1v) is 13.5. The van der Waals surface area contributed by atoms with E-state index in [0.29, 0.717) is 0 Å². The molecular weight excluding hydrogens is 375 g/mol. The van der Waals surface area contributed by atoms with E-state index in [-0.39, 0.29) is 0 Å². The van der Waals surface area contributed by atoms with E-state index in [4.69, 9.17) is 0 Å². The highest BCUT2D eigenvalue weighted by molar-refractivity contribution is 9.70. The molecule has 110 valence electrons. The lowest BCUT2D eigenvalue weighted by Gasteiger charge is -2.03. The van der Waals surface area contributed by atoms with E-state index in [9.17, 15) is 4.57 Å². The van der Waals surface area contributed by atoms with Gasteiger partial charge >= 0.3 is 0 Å². The molecule has 0 radical (unpaired) electrons. The molecule has 0 aliphatic heterocycles. The fourth-order valence-electron chi connectivity index (χ4n) is 2.14. The van der Waals surface area contributed by atoms with E-state index >= 15 is 0 Å². The molecule has 18 heavy (non-hydrogen) atoms. The van der Waals surface area contributed by atoms with Gasteiger partial charge in [0, 0.05) is 6.16 Å². The quantitative estimate of drug-likeness (QED) is 0.227. The molecule has 4 heteroatoms. The van der Waals surface area contributed by atoms with Crippen molar-refractivity contribution < 1.29 is 4.57 Å². The van der Waals surface area contributed by atoms with E-state index in [1.54, 1.807) is 0 Å². The molecular formula is C14H29Br2OP. The van der Waals surface area contributed by atoms with Crippen LogP contribution in [0.3, 0.4) is 0 Å². The molecule has 1 nitrogen and oxygen atoms in total. The molecule has 0 amide bonds. The smallest absolute Gasteiger partial charge is 0.208 e. The Labute approximate surface area is 130 Å². The summed E-state index contributed by atoms with van der Waals surface area (Å²) in [6.07, 6.45) is 17.0. The van der Waals surface area contributed by atoms with Crippen molar-refractivity contribution in [3.8, 4) is 0 Å². The first-order chi connectivity index (χ1) is 8.56. The van der Waals surface area contributed by atoms with Crippen LogP contribution in [0, 0.1) is 0 Å². The Morgan fingerprint density at radius 1 is 0.667 bits per heavy atom. The van der Waals surface area contributed by atoms with Crippen LogP contribution in [-0.2, 0) is 4.57 Å². The van der Waals surface area contributed by atoms with Crippen LogP contribution < -0.4 is 0 Å². The lowest BCUT2D eigenvalue weighted by molar-refractivity contribution is 0.547. The summed E-state index contributed by atoms with van der Waals surface area (Å²) in [5.74, 6) is 0. The van der Waals surface area contributed by atoms with Crippen LogP contribution in [0.15, 0.2) is 0 Å². The first-order valence-electron chi connectivity index (χ1n) is 7.54. The highest BCUT2D eigenvalue weighted by Crippen LogP contribution is 2.61. The fraction of sp³-hybridized carbons (Fsp3) is 1.00. The average Bonchev–Trinajstić information content (AvgIpc) is 2.29. The van der Waals surface area contributed by atoms with Gasteiger partial charge in [0.15, 0.2) is 0 Å². The summed E-state index contributed by atoms with van der Waals surface area (Å²) >= 11 is 6.36. The molecule has 0 unspecified atom stereocenters. The molecule has 0 N–H and O–H groups in total. The first kappa shape index (κ1) is 19.2. The largest absolute Gasteiger partial charge is 0.300 e. The van der Waals surface area contributed by atoms with E-state index in [0.717, 1.165) is 12.6 Å². The highest BCUT2D eigenvalue weighted by Gasteiger charge is 2.10. The Kier molecular flexibility index (Phi) is 14.1. The third-order valence-corrected chi connectivity index (χ3v) is 6.24. The van der Waals surface area contributed by atoms with Crippen molar-refractivity contribution >= 4 is 35.5 Å². The van der Waals surface area contributed by atoms with Gasteiger partial charge < -0.3 is 0 Å². The van der Waals surface area contributed by atoms with Gasteiger partial charge in [0.05, 0.1) is 0 Å². The van der Waals surface area contributed by atoms with E-state index < -0.39 is 4.55 Å². The van der Waals surface area contributed by atoms with Gasteiger partial charge in [0.2, 0.25) is 4.55 Å². The normalized spacial score (nSPS) is 11.9. The van der Waals surface area contributed by atoms with Crippen molar-refractivity contribution in [2.24, 2.45) is 0 Å². The number of hydrogen-bond acceptors (Lipinski definition) is 1. The number of halogens is 2. The van der Waals surface area contributed by atoms with Crippen molar-refractivity contribution in [1.29, 1.82) is 0 Å². The van der Waals surface area contributed by atoms with E-state index in [2.05, 4.69) is 37.9 Å². The maximum atomic E-state index is 11.3. The molecule has 0 aliphatic carbocycles. The van der Waals surface area contributed by atoms with Crippen molar-refractivity contribution in [3.05, 3.63) is 0 Å². The van der Waals surface area contributed by atoms with E-state index in [1.165, 1.54) is 70.6 Å². The zero-order chi connectivity index (χ0) is 13.7. The Hall–Kier alpha value is 1.19. The molecule has 0 heterocycles. The Bertz CT molecular complexity index is 216. The Morgan fingerprint density at radius 2 is 1.00 bits per heavy atom. The van der Waals surface area contributed by atoms with Crippen LogP contribution in [0.1, 0.15) is 84.0 Å². The Balaban J connectivity index is 3.01. The molecule has 0 aromatic carbocycles. The molecule has 0 saturated carbocycles. The maximum Gasteiger partial charge on any atom is 0.208 e. The SMILES string of the molecule is CCCCCCCCCCCCCCP(=O)(Br)Br. The molecule has 0 bridgehead atoms. The second-order valence-corrected chi connectivity index (χ2v) is 16.5. The standard InChI is InChI=1S/C14H29Br2OP/c1-2-3-4-5-6-7-8-9-10-11-12-13-14-18(15,16)17/h2-14H2,1H3.